The molecule has 11 heteroatoms. The Morgan fingerprint density at radius 1 is 1.10 bits per heavy atom. The van der Waals surface area contributed by atoms with Gasteiger partial charge in [-0.05, 0) is 50.2 Å². The number of amides is 2. The highest BCUT2D eigenvalue weighted by atomic mass is 32.2. The third-order valence-electron chi connectivity index (χ3n) is 4.73. The summed E-state index contributed by atoms with van der Waals surface area (Å²) >= 11 is 0. The fraction of sp³-hybridized carbons (Fsp3) is 0.300. The Balaban J connectivity index is 2.00. The molecule has 0 saturated heterocycles. The first-order valence-electron chi connectivity index (χ1n) is 9.18. The van der Waals surface area contributed by atoms with E-state index in [4.69, 9.17) is 0 Å². The second-order valence-corrected chi connectivity index (χ2v) is 9.27. The summed E-state index contributed by atoms with van der Waals surface area (Å²) in [7, 11) is -0.918. The maximum absolute atomic E-state index is 13.1. The minimum Gasteiger partial charge on any atom is -0.376 e. The van der Waals surface area contributed by atoms with Crippen molar-refractivity contribution in [3.63, 3.8) is 0 Å². The molecular weight excluding hydrogens is 435 g/mol. The molecule has 0 radical (unpaired) electrons. The van der Waals surface area contributed by atoms with Gasteiger partial charge in [0.15, 0.2) is 0 Å². The Bertz CT molecular complexity index is 1170. The van der Waals surface area contributed by atoms with Crippen molar-refractivity contribution in [3.8, 4) is 0 Å². The Hall–Kier alpha value is -3.08. The largest absolute Gasteiger partial charge is 0.416 e. The summed E-state index contributed by atoms with van der Waals surface area (Å²) in [5, 5.41) is 2.41. The minimum atomic E-state index is -4.60. The van der Waals surface area contributed by atoms with Gasteiger partial charge in [0.1, 0.15) is 4.90 Å². The number of nitrogens with zero attached hydrogens (tertiary/aromatic N) is 2. The number of alkyl halides is 3. The van der Waals surface area contributed by atoms with Crippen molar-refractivity contribution in [1.82, 2.24) is 4.31 Å². The summed E-state index contributed by atoms with van der Waals surface area (Å²) in [5.74, 6) is -1.50. The molecule has 0 fully saturated rings. The Morgan fingerprint density at radius 2 is 1.74 bits per heavy atom. The van der Waals surface area contributed by atoms with Gasteiger partial charge in [-0.25, -0.2) is 12.7 Å². The second-order valence-electron chi connectivity index (χ2n) is 7.49. The van der Waals surface area contributed by atoms with Crippen molar-refractivity contribution >= 4 is 33.2 Å². The van der Waals surface area contributed by atoms with Gasteiger partial charge in [0, 0.05) is 25.7 Å². The van der Waals surface area contributed by atoms with Crippen LogP contribution in [0.1, 0.15) is 40.1 Å². The Morgan fingerprint density at radius 3 is 2.29 bits per heavy atom. The summed E-state index contributed by atoms with van der Waals surface area (Å²) in [6.45, 7) is 3.09. The van der Waals surface area contributed by atoms with E-state index in [-0.39, 0.29) is 21.7 Å². The molecule has 2 amide bonds. The monoisotopic (exact) mass is 455 g/mol. The number of anilines is 2. The molecule has 1 aliphatic heterocycles. The molecule has 31 heavy (non-hydrogen) atoms. The molecule has 0 aliphatic carbocycles. The van der Waals surface area contributed by atoms with Crippen LogP contribution in [0.15, 0.2) is 41.3 Å². The summed E-state index contributed by atoms with van der Waals surface area (Å²) in [5.41, 5.74) is -0.867. The smallest absolute Gasteiger partial charge is 0.376 e. The van der Waals surface area contributed by atoms with E-state index in [1.807, 2.05) is 0 Å². The lowest BCUT2D eigenvalue weighted by atomic mass is 10.1. The van der Waals surface area contributed by atoms with Crippen molar-refractivity contribution in [3.05, 3.63) is 53.1 Å². The molecule has 2 aromatic rings. The fourth-order valence-electron chi connectivity index (χ4n) is 3.30. The lowest BCUT2D eigenvalue weighted by Crippen LogP contribution is -2.36. The zero-order valence-electron chi connectivity index (χ0n) is 17.1. The van der Waals surface area contributed by atoms with Crippen LogP contribution in [0.25, 0.3) is 0 Å². The van der Waals surface area contributed by atoms with E-state index in [1.165, 1.54) is 23.1 Å². The first kappa shape index (κ1) is 22.6. The number of halogens is 3. The molecule has 1 heterocycles. The molecule has 0 bridgehead atoms. The molecule has 0 aromatic heterocycles. The molecule has 3 rings (SSSR count). The van der Waals surface area contributed by atoms with E-state index in [1.54, 1.807) is 27.9 Å². The number of hydrogen-bond acceptors (Lipinski definition) is 5. The van der Waals surface area contributed by atoms with Gasteiger partial charge in [0.2, 0.25) is 0 Å². The molecular formula is C20H20F3N3O4S. The highest BCUT2D eigenvalue weighted by Gasteiger charge is 2.43. The SMILES string of the molecule is CC(C)N1C(=O)c2ccc(C(=O)Nc3cc(C(F)(F)F)ccc3N(C)C)cc2S1(=O)=O. The number of hydrogen-bond donors (Lipinski definition) is 1. The normalized spacial score (nSPS) is 15.2. The van der Waals surface area contributed by atoms with Gasteiger partial charge in [-0.2, -0.15) is 13.2 Å². The standard InChI is InChI=1S/C20H20F3N3O4S/c1-11(2)26-19(28)14-7-5-12(9-17(14)31(26,29)30)18(27)24-15-10-13(20(21,22)23)6-8-16(15)25(3)4/h5-11H,1-4H3,(H,24,27). The minimum absolute atomic E-state index is 0.0571. The molecule has 0 unspecified atom stereocenters. The van der Waals surface area contributed by atoms with Crippen LogP contribution >= 0.6 is 0 Å². The number of carbonyl (C=O) groups excluding carboxylic acids is 2. The summed E-state index contributed by atoms with van der Waals surface area (Å²) in [6.07, 6.45) is -4.60. The highest BCUT2D eigenvalue weighted by molar-refractivity contribution is 7.90. The Kier molecular flexibility index (Phi) is 5.51. The molecule has 166 valence electrons. The van der Waals surface area contributed by atoms with Gasteiger partial charge in [-0.15, -0.1) is 0 Å². The topological polar surface area (TPSA) is 86.8 Å². The lowest BCUT2D eigenvalue weighted by Gasteiger charge is -2.20. The van der Waals surface area contributed by atoms with Crippen LogP contribution in [-0.2, 0) is 16.2 Å². The number of benzene rings is 2. The molecule has 1 aliphatic rings. The van der Waals surface area contributed by atoms with Gasteiger partial charge >= 0.3 is 6.18 Å². The van der Waals surface area contributed by atoms with Gasteiger partial charge in [0.25, 0.3) is 21.8 Å². The predicted molar refractivity (Wildman–Crippen MR) is 109 cm³/mol. The Labute approximate surface area is 177 Å². The van der Waals surface area contributed by atoms with Crippen LogP contribution in [-0.4, -0.2) is 44.7 Å². The quantitative estimate of drug-likeness (QED) is 0.762. The van der Waals surface area contributed by atoms with Gasteiger partial charge < -0.3 is 10.2 Å². The third-order valence-corrected chi connectivity index (χ3v) is 6.73. The maximum atomic E-state index is 13.1. The molecule has 7 nitrogen and oxygen atoms in total. The van der Waals surface area contributed by atoms with E-state index < -0.39 is 39.6 Å². The van der Waals surface area contributed by atoms with E-state index in [2.05, 4.69) is 5.32 Å². The van der Waals surface area contributed by atoms with Crippen LogP contribution < -0.4 is 10.2 Å². The van der Waals surface area contributed by atoms with Crippen LogP contribution in [0.5, 0.6) is 0 Å². The maximum Gasteiger partial charge on any atom is 0.416 e. The number of sulfonamides is 1. The van der Waals surface area contributed by atoms with E-state index >= 15 is 0 Å². The average molecular weight is 455 g/mol. The van der Waals surface area contributed by atoms with E-state index in [0.717, 1.165) is 22.5 Å². The first-order chi connectivity index (χ1) is 14.2. The van der Waals surface area contributed by atoms with Crippen molar-refractivity contribution in [2.75, 3.05) is 24.3 Å². The lowest BCUT2D eigenvalue weighted by molar-refractivity contribution is -0.137. The van der Waals surface area contributed by atoms with Gasteiger partial charge in [-0.1, -0.05) is 0 Å². The number of rotatable bonds is 4. The summed E-state index contributed by atoms with van der Waals surface area (Å²) < 4.78 is 65.5. The van der Waals surface area contributed by atoms with Crippen LogP contribution in [0.4, 0.5) is 24.5 Å². The summed E-state index contributed by atoms with van der Waals surface area (Å²) in [6, 6.07) is 5.86. The van der Waals surface area contributed by atoms with Crippen molar-refractivity contribution in [2.24, 2.45) is 0 Å². The van der Waals surface area contributed by atoms with Crippen molar-refractivity contribution in [1.29, 1.82) is 0 Å². The third kappa shape index (κ3) is 3.97. The average Bonchev–Trinajstić information content (AvgIpc) is 2.86. The van der Waals surface area contributed by atoms with Crippen LogP contribution in [0, 0.1) is 0 Å². The number of carbonyl (C=O) groups is 2. The molecule has 0 atom stereocenters. The second kappa shape index (κ2) is 7.56. The molecule has 0 spiro atoms. The van der Waals surface area contributed by atoms with Crippen molar-refractivity contribution < 1.29 is 31.2 Å². The van der Waals surface area contributed by atoms with Crippen molar-refractivity contribution in [2.45, 2.75) is 31.0 Å². The van der Waals surface area contributed by atoms with E-state index in [9.17, 15) is 31.2 Å². The fourth-order valence-corrected chi connectivity index (χ4v) is 5.09. The predicted octanol–water partition coefficient (Wildman–Crippen LogP) is 3.58. The number of fused-ring (bicyclic) bond motifs is 1. The van der Waals surface area contributed by atoms with Crippen LogP contribution in [0.2, 0.25) is 0 Å². The molecule has 2 aromatic carbocycles. The zero-order valence-corrected chi connectivity index (χ0v) is 17.9. The summed E-state index contributed by atoms with van der Waals surface area (Å²) in [4.78, 5) is 26.4. The number of nitrogens with one attached hydrogen (secondary N) is 1. The highest BCUT2D eigenvalue weighted by Crippen LogP contribution is 2.36. The zero-order chi connectivity index (χ0) is 23.3. The molecule has 0 saturated carbocycles. The van der Waals surface area contributed by atoms with Crippen LogP contribution in [0.3, 0.4) is 0 Å². The first-order valence-corrected chi connectivity index (χ1v) is 10.6. The van der Waals surface area contributed by atoms with Gasteiger partial charge in [0.05, 0.1) is 22.5 Å². The molecule has 1 N–H and O–H groups in total. The van der Waals surface area contributed by atoms with E-state index in [0.29, 0.717) is 5.69 Å². The van der Waals surface area contributed by atoms with Gasteiger partial charge in [-0.3, -0.25) is 9.59 Å².